The lowest BCUT2D eigenvalue weighted by Crippen LogP contribution is -2.36. The highest BCUT2D eigenvalue weighted by atomic mass is 16.5. The summed E-state index contributed by atoms with van der Waals surface area (Å²) < 4.78 is 7.72. The van der Waals surface area contributed by atoms with Crippen LogP contribution in [0.4, 0.5) is 0 Å². The van der Waals surface area contributed by atoms with Gasteiger partial charge in [-0.25, -0.2) is 4.98 Å². The largest absolute Gasteiger partial charge is 0.494 e. The zero-order chi connectivity index (χ0) is 18.0. The maximum Gasteiger partial charge on any atom is 0.122 e. The van der Waals surface area contributed by atoms with Gasteiger partial charge in [-0.05, 0) is 62.4 Å². The van der Waals surface area contributed by atoms with Gasteiger partial charge >= 0.3 is 0 Å². The molecule has 1 aromatic carbocycles. The number of hydrogen-bond acceptors (Lipinski definition) is 4. The molecule has 2 aromatic rings. The summed E-state index contributed by atoms with van der Waals surface area (Å²) in [6.07, 6.45) is 7.88. The van der Waals surface area contributed by atoms with Gasteiger partial charge in [0, 0.05) is 32.0 Å². The summed E-state index contributed by atoms with van der Waals surface area (Å²) in [4.78, 5) is 7.21. The minimum atomic E-state index is 0.529. The topological polar surface area (TPSA) is 42.3 Å². The maximum absolute atomic E-state index is 5.58. The third-order valence-electron chi connectivity index (χ3n) is 6.07. The number of nitrogens with one attached hydrogen (secondary N) is 1. The third kappa shape index (κ3) is 3.64. The van der Waals surface area contributed by atoms with E-state index in [0.717, 1.165) is 37.8 Å². The first-order valence-corrected chi connectivity index (χ1v) is 9.83. The fourth-order valence-electron chi connectivity index (χ4n) is 4.40. The summed E-state index contributed by atoms with van der Waals surface area (Å²) in [6, 6.07) is 9.26. The van der Waals surface area contributed by atoms with Crippen molar-refractivity contribution >= 4 is 0 Å². The molecule has 0 amide bonds. The van der Waals surface area contributed by atoms with Crippen LogP contribution in [0.3, 0.4) is 0 Å². The number of imidazole rings is 1. The van der Waals surface area contributed by atoms with E-state index in [1.807, 2.05) is 19.3 Å². The van der Waals surface area contributed by atoms with E-state index in [4.69, 9.17) is 4.74 Å². The first kappa shape index (κ1) is 17.6. The van der Waals surface area contributed by atoms with Crippen LogP contribution in [-0.2, 0) is 20.1 Å². The van der Waals surface area contributed by atoms with Crippen LogP contribution in [0.15, 0.2) is 36.7 Å². The van der Waals surface area contributed by atoms with Crippen LogP contribution < -0.4 is 10.1 Å². The maximum atomic E-state index is 5.58. The molecule has 1 aliphatic heterocycles. The second-order valence-electron chi connectivity index (χ2n) is 7.77. The predicted molar refractivity (Wildman–Crippen MR) is 103 cm³/mol. The monoisotopic (exact) mass is 354 g/mol. The minimum absolute atomic E-state index is 0.529. The third-order valence-corrected chi connectivity index (χ3v) is 6.07. The summed E-state index contributed by atoms with van der Waals surface area (Å²) in [5, 5.41) is 3.51. The Morgan fingerprint density at radius 3 is 2.65 bits per heavy atom. The van der Waals surface area contributed by atoms with Gasteiger partial charge < -0.3 is 14.6 Å². The highest BCUT2D eigenvalue weighted by Gasteiger charge is 2.56. The summed E-state index contributed by atoms with van der Waals surface area (Å²) in [5.41, 5.74) is 1.88. The number of benzene rings is 1. The van der Waals surface area contributed by atoms with Crippen molar-refractivity contribution < 1.29 is 4.74 Å². The molecular weight excluding hydrogens is 324 g/mol. The lowest BCUT2D eigenvalue weighted by molar-refractivity contribution is 0.182. The highest BCUT2D eigenvalue weighted by Crippen LogP contribution is 2.56. The summed E-state index contributed by atoms with van der Waals surface area (Å²) in [6.45, 7) is 6.94. The van der Waals surface area contributed by atoms with Gasteiger partial charge in [-0.15, -0.1) is 0 Å². The normalized spacial score (nSPS) is 21.3. The number of piperidine rings is 1. The number of ether oxygens (including phenoxy) is 1. The van der Waals surface area contributed by atoms with Crippen LogP contribution in [0.1, 0.15) is 37.6 Å². The fraction of sp³-hybridized carbons (Fsp3) is 0.571. The first-order valence-electron chi connectivity index (χ1n) is 9.83. The Morgan fingerprint density at radius 2 is 2.00 bits per heavy atom. The van der Waals surface area contributed by atoms with Gasteiger partial charge in [0.05, 0.1) is 13.2 Å². The van der Waals surface area contributed by atoms with Crippen LogP contribution >= 0.6 is 0 Å². The number of rotatable bonds is 7. The molecular formula is C21H30N4O. The quantitative estimate of drug-likeness (QED) is 0.830. The second-order valence-corrected chi connectivity index (χ2v) is 7.77. The molecule has 2 heterocycles. The number of hydrogen-bond donors (Lipinski definition) is 1. The molecule has 140 valence electrons. The van der Waals surface area contributed by atoms with Crippen molar-refractivity contribution in [2.75, 3.05) is 19.7 Å². The molecule has 1 spiro atoms. The van der Waals surface area contributed by atoms with Crippen molar-refractivity contribution in [3.63, 3.8) is 0 Å². The van der Waals surface area contributed by atoms with E-state index in [1.165, 1.54) is 24.8 Å². The fourth-order valence-corrected chi connectivity index (χ4v) is 4.40. The molecule has 1 saturated heterocycles. The van der Waals surface area contributed by atoms with E-state index in [2.05, 4.69) is 51.1 Å². The molecule has 5 nitrogen and oxygen atoms in total. The molecule has 1 unspecified atom stereocenters. The van der Waals surface area contributed by atoms with Crippen molar-refractivity contribution in [2.24, 2.45) is 12.5 Å². The minimum Gasteiger partial charge on any atom is -0.494 e. The SMILES string of the molecule is CCOc1ccc(CN(Cc2nccn2C)C2CC23CCNCC3)cc1. The molecule has 1 aliphatic carbocycles. The highest BCUT2D eigenvalue weighted by molar-refractivity contribution is 5.27. The molecule has 4 rings (SSSR count). The summed E-state index contributed by atoms with van der Waals surface area (Å²) >= 11 is 0. The smallest absolute Gasteiger partial charge is 0.122 e. The van der Waals surface area contributed by atoms with Crippen molar-refractivity contribution in [2.45, 2.75) is 45.3 Å². The molecule has 26 heavy (non-hydrogen) atoms. The van der Waals surface area contributed by atoms with Crippen LogP contribution in [0, 0.1) is 5.41 Å². The van der Waals surface area contributed by atoms with Crippen molar-refractivity contribution in [3.05, 3.63) is 48.0 Å². The Kier molecular flexibility index (Phi) is 5.00. The average Bonchev–Trinajstić information content (AvgIpc) is 3.18. The van der Waals surface area contributed by atoms with Crippen LogP contribution in [0.25, 0.3) is 0 Å². The lowest BCUT2D eigenvalue weighted by Gasteiger charge is -2.29. The van der Waals surface area contributed by atoms with Crippen molar-refractivity contribution in [1.82, 2.24) is 19.8 Å². The van der Waals surface area contributed by atoms with E-state index in [9.17, 15) is 0 Å². The number of aromatic nitrogens is 2. The zero-order valence-corrected chi connectivity index (χ0v) is 15.9. The van der Waals surface area contributed by atoms with Crippen molar-refractivity contribution in [3.8, 4) is 5.75 Å². The van der Waals surface area contributed by atoms with Gasteiger partial charge in [-0.1, -0.05) is 12.1 Å². The molecule has 2 aliphatic rings. The Labute approximate surface area is 156 Å². The lowest BCUT2D eigenvalue weighted by atomic mass is 9.93. The second kappa shape index (κ2) is 7.41. The Morgan fingerprint density at radius 1 is 1.23 bits per heavy atom. The van der Waals surface area contributed by atoms with E-state index in [0.29, 0.717) is 18.1 Å². The zero-order valence-electron chi connectivity index (χ0n) is 15.9. The Balaban J connectivity index is 1.50. The van der Waals surface area contributed by atoms with E-state index >= 15 is 0 Å². The number of nitrogens with zero attached hydrogens (tertiary/aromatic N) is 3. The predicted octanol–water partition coefficient (Wildman–Crippen LogP) is 2.96. The average molecular weight is 354 g/mol. The molecule has 5 heteroatoms. The van der Waals surface area contributed by atoms with Gasteiger partial charge in [-0.3, -0.25) is 4.90 Å². The van der Waals surface area contributed by atoms with Gasteiger partial charge in [0.1, 0.15) is 11.6 Å². The Bertz CT molecular complexity index is 718. The van der Waals surface area contributed by atoms with Gasteiger partial charge in [-0.2, -0.15) is 0 Å². The molecule has 0 radical (unpaired) electrons. The first-order chi connectivity index (χ1) is 12.7. The molecule has 1 saturated carbocycles. The molecule has 0 bridgehead atoms. The summed E-state index contributed by atoms with van der Waals surface area (Å²) in [5.74, 6) is 2.10. The van der Waals surface area contributed by atoms with Gasteiger partial charge in [0.15, 0.2) is 0 Å². The van der Waals surface area contributed by atoms with Gasteiger partial charge in [0.25, 0.3) is 0 Å². The molecule has 1 N–H and O–H groups in total. The van der Waals surface area contributed by atoms with Crippen LogP contribution in [0.2, 0.25) is 0 Å². The van der Waals surface area contributed by atoms with E-state index in [1.54, 1.807) is 0 Å². The van der Waals surface area contributed by atoms with Crippen LogP contribution in [-0.4, -0.2) is 40.2 Å². The molecule has 1 atom stereocenters. The van der Waals surface area contributed by atoms with Gasteiger partial charge in [0.2, 0.25) is 0 Å². The molecule has 1 aromatic heterocycles. The summed E-state index contributed by atoms with van der Waals surface area (Å²) in [7, 11) is 2.09. The number of aryl methyl sites for hydroxylation is 1. The van der Waals surface area contributed by atoms with E-state index < -0.39 is 0 Å². The standard InChI is InChI=1S/C21H30N4O/c1-3-26-18-6-4-17(5-7-18)15-25(16-20-23-12-13-24(20)2)19-14-21(19)8-10-22-11-9-21/h4-7,12-13,19,22H,3,8-11,14-16H2,1-2H3. The van der Waals surface area contributed by atoms with E-state index in [-0.39, 0.29) is 0 Å². The van der Waals surface area contributed by atoms with Crippen LogP contribution in [0.5, 0.6) is 5.75 Å². The Hall–Kier alpha value is -1.85. The molecule has 2 fully saturated rings. The van der Waals surface area contributed by atoms with Crippen molar-refractivity contribution in [1.29, 1.82) is 0 Å².